The molecule has 0 unspecified atom stereocenters. The third kappa shape index (κ3) is 3.30. The molecule has 116 valence electrons. The first-order chi connectivity index (χ1) is 10.6. The standard InChI is InChI=1S/C17H22N4O/c1-13-11-14(2)21(19-13)12-17(22)18-15-5-7-16(8-6-15)20-9-3-4-10-20/h5-8,11H,3-4,9-10,12H2,1-2H3,(H,18,22). The fraction of sp³-hybridized carbons (Fsp3) is 0.412. The topological polar surface area (TPSA) is 50.2 Å². The lowest BCUT2D eigenvalue weighted by molar-refractivity contribution is -0.116. The van der Waals surface area contributed by atoms with Crippen molar-refractivity contribution in [2.45, 2.75) is 33.2 Å². The van der Waals surface area contributed by atoms with Gasteiger partial charge in [0, 0.05) is 30.2 Å². The highest BCUT2D eigenvalue weighted by molar-refractivity contribution is 5.90. The van der Waals surface area contributed by atoms with Crippen LogP contribution in [0, 0.1) is 13.8 Å². The van der Waals surface area contributed by atoms with Crippen molar-refractivity contribution >= 4 is 17.3 Å². The maximum Gasteiger partial charge on any atom is 0.246 e. The first-order valence-electron chi connectivity index (χ1n) is 7.78. The predicted octanol–water partition coefficient (Wildman–Crippen LogP) is 2.74. The van der Waals surface area contributed by atoms with Gasteiger partial charge in [0.1, 0.15) is 6.54 Å². The minimum Gasteiger partial charge on any atom is -0.372 e. The minimum atomic E-state index is -0.0554. The maximum absolute atomic E-state index is 12.1. The molecule has 0 atom stereocenters. The Morgan fingerprint density at radius 3 is 2.45 bits per heavy atom. The van der Waals surface area contributed by atoms with Gasteiger partial charge < -0.3 is 10.2 Å². The number of aromatic nitrogens is 2. The number of rotatable bonds is 4. The zero-order valence-electron chi connectivity index (χ0n) is 13.2. The lowest BCUT2D eigenvalue weighted by atomic mass is 10.2. The summed E-state index contributed by atoms with van der Waals surface area (Å²) in [5.41, 5.74) is 3.99. The van der Waals surface area contributed by atoms with Crippen LogP contribution in [0.5, 0.6) is 0 Å². The van der Waals surface area contributed by atoms with Gasteiger partial charge in [0.05, 0.1) is 5.69 Å². The Labute approximate surface area is 130 Å². The molecular weight excluding hydrogens is 276 g/mol. The fourth-order valence-corrected chi connectivity index (χ4v) is 2.90. The Morgan fingerprint density at radius 1 is 1.18 bits per heavy atom. The SMILES string of the molecule is Cc1cc(C)n(CC(=O)Nc2ccc(N3CCCC3)cc2)n1. The summed E-state index contributed by atoms with van der Waals surface area (Å²) in [6.45, 7) is 6.39. The molecule has 22 heavy (non-hydrogen) atoms. The average Bonchev–Trinajstić information content (AvgIpc) is 3.10. The molecule has 5 nitrogen and oxygen atoms in total. The Kier molecular flexibility index (Phi) is 4.13. The molecule has 1 aromatic heterocycles. The third-order valence-corrected chi connectivity index (χ3v) is 4.02. The van der Waals surface area contributed by atoms with E-state index in [0.717, 1.165) is 30.2 Å². The minimum absolute atomic E-state index is 0.0554. The van der Waals surface area contributed by atoms with Crippen LogP contribution in [-0.4, -0.2) is 28.8 Å². The number of carbonyl (C=O) groups excluding carboxylic acids is 1. The van der Waals surface area contributed by atoms with Gasteiger partial charge >= 0.3 is 0 Å². The molecule has 1 N–H and O–H groups in total. The van der Waals surface area contributed by atoms with Crippen molar-refractivity contribution in [2.24, 2.45) is 0 Å². The monoisotopic (exact) mass is 298 g/mol. The van der Waals surface area contributed by atoms with Gasteiger partial charge in [-0.25, -0.2) is 0 Å². The van der Waals surface area contributed by atoms with Crippen molar-refractivity contribution in [2.75, 3.05) is 23.3 Å². The van der Waals surface area contributed by atoms with Crippen molar-refractivity contribution in [1.29, 1.82) is 0 Å². The van der Waals surface area contributed by atoms with Crippen LogP contribution in [0.3, 0.4) is 0 Å². The van der Waals surface area contributed by atoms with Crippen LogP contribution in [0.4, 0.5) is 11.4 Å². The number of amides is 1. The molecule has 1 aromatic carbocycles. The average molecular weight is 298 g/mol. The largest absolute Gasteiger partial charge is 0.372 e. The van der Waals surface area contributed by atoms with E-state index in [1.54, 1.807) is 4.68 Å². The number of aryl methyl sites for hydroxylation is 2. The van der Waals surface area contributed by atoms with Gasteiger partial charge in [0.25, 0.3) is 0 Å². The number of nitrogens with zero attached hydrogens (tertiary/aromatic N) is 3. The molecule has 2 aromatic rings. The van der Waals surface area contributed by atoms with E-state index in [2.05, 4.69) is 27.4 Å². The quantitative estimate of drug-likeness (QED) is 0.944. The zero-order valence-corrected chi connectivity index (χ0v) is 13.2. The molecule has 0 spiro atoms. The highest BCUT2D eigenvalue weighted by Gasteiger charge is 2.12. The van der Waals surface area contributed by atoms with Gasteiger partial charge in [0.15, 0.2) is 0 Å². The second-order valence-corrected chi connectivity index (χ2v) is 5.87. The molecule has 1 aliphatic heterocycles. The Morgan fingerprint density at radius 2 is 1.86 bits per heavy atom. The smallest absolute Gasteiger partial charge is 0.246 e. The van der Waals surface area contributed by atoms with Gasteiger partial charge in [0.2, 0.25) is 5.91 Å². The van der Waals surface area contributed by atoms with Crippen LogP contribution < -0.4 is 10.2 Å². The summed E-state index contributed by atoms with van der Waals surface area (Å²) in [7, 11) is 0. The number of hydrogen-bond acceptors (Lipinski definition) is 3. The zero-order chi connectivity index (χ0) is 15.5. The van der Waals surface area contributed by atoms with E-state index in [-0.39, 0.29) is 12.5 Å². The number of anilines is 2. The summed E-state index contributed by atoms with van der Waals surface area (Å²) in [6, 6.07) is 10.0. The molecular formula is C17H22N4O. The van der Waals surface area contributed by atoms with Crippen LogP contribution in [0.25, 0.3) is 0 Å². The lowest BCUT2D eigenvalue weighted by Gasteiger charge is -2.17. The first kappa shape index (κ1) is 14.6. The van der Waals surface area contributed by atoms with Crippen LogP contribution >= 0.6 is 0 Å². The maximum atomic E-state index is 12.1. The highest BCUT2D eigenvalue weighted by Crippen LogP contribution is 2.22. The summed E-state index contributed by atoms with van der Waals surface area (Å²) in [5, 5.41) is 7.23. The molecule has 3 rings (SSSR count). The third-order valence-electron chi connectivity index (χ3n) is 4.02. The molecule has 1 fully saturated rings. The summed E-state index contributed by atoms with van der Waals surface area (Å²) in [6.07, 6.45) is 2.53. The summed E-state index contributed by atoms with van der Waals surface area (Å²) in [4.78, 5) is 14.5. The van der Waals surface area contributed by atoms with Crippen molar-refractivity contribution in [3.63, 3.8) is 0 Å². The highest BCUT2D eigenvalue weighted by atomic mass is 16.2. The molecule has 2 heterocycles. The van der Waals surface area contributed by atoms with Gasteiger partial charge in [-0.3, -0.25) is 9.48 Å². The van der Waals surface area contributed by atoms with Crippen molar-refractivity contribution in [3.05, 3.63) is 41.7 Å². The molecule has 0 radical (unpaired) electrons. The molecule has 0 aliphatic carbocycles. The number of hydrogen-bond donors (Lipinski definition) is 1. The fourth-order valence-electron chi connectivity index (χ4n) is 2.90. The molecule has 0 bridgehead atoms. The van der Waals surface area contributed by atoms with E-state index in [1.165, 1.54) is 18.5 Å². The second kappa shape index (κ2) is 6.22. The Bertz CT molecular complexity index is 654. The van der Waals surface area contributed by atoms with Crippen LogP contribution in [0.1, 0.15) is 24.2 Å². The van der Waals surface area contributed by atoms with Crippen LogP contribution in [0.15, 0.2) is 30.3 Å². The molecule has 1 saturated heterocycles. The number of benzene rings is 1. The van der Waals surface area contributed by atoms with Gasteiger partial charge in [-0.2, -0.15) is 5.10 Å². The molecule has 5 heteroatoms. The van der Waals surface area contributed by atoms with Crippen molar-refractivity contribution in [1.82, 2.24) is 9.78 Å². The molecule has 0 saturated carbocycles. The van der Waals surface area contributed by atoms with Crippen LogP contribution in [0.2, 0.25) is 0 Å². The van der Waals surface area contributed by atoms with E-state index in [1.807, 2.05) is 32.0 Å². The van der Waals surface area contributed by atoms with Gasteiger partial charge in [-0.05, 0) is 57.0 Å². The van der Waals surface area contributed by atoms with Gasteiger partial charge in [-0.15, -0.1) is 0 Å². The summed E-state index contributed by atoms with van der Waals surface area (Å²) < 4.78 is 1.73. The Balaban J connectivity index is 1.60. The van der Waals surface area contributed by atoms with Crippen molar-refractivity contribution in [3.8, 4) is 0 Å². The lowest BCUT2D eigenvalue weighted by Crippen LogP contribution is -2.20. The predicted molar refractivity (Wildman–Crippen MR) is 88.2 cm³/mol. The van der Waals surface area contributed by atoms with Gasteiger partial charge in [-0.1, -0.05) is 0 Å². The van der Waals surface area contributed by atoms with E-state index < -0.39 is 0 Å². The normalized spacial score (nSPS) is 14.4. The molecule has 1 aliphatic rings. The van der Waals surface area contributed by atoms with Crippen LogP contribution in [-0.2, 0) is 11.3 Å². The summed E-state index contributed by atoms with van der Waals surface area (Å²) in [5.74, 6) is -0.0554. The van der Waals surface area contributed by atoms with E-state index in [0.29, 0.717) is 0 Å². The van der Waals surface area contributed by atoms with Crippen molar-refractivity contribution < 1.29 is 4.79 Å². The van der Waals surface area contributed by atoms with E-state index >= 15 is 0 Å². The second-order valence-electron chi connectivity index (χ2n) is 5.87. The van der Waals surface area contributed by atoms with E-state index in [9.17, 15) is 4.79 Å². The van der Waals surface area contributed by atoms with E-state index in [4.69, 9.17) is 0 Å². The first-order valence-corrected chi connectivity index (χ1v) is 7.78. The molecule has 1 amide bonds. The number of carbonyl (C=O) groups is 1. The Hall–Kier alpha value is -2.30. The number of nitrogens with one attached hydrogen (secondary N) is 1. The summed E-state index contributed by atoms with van der Waals surface area (Å²) >= 11 is 0.